The first-order valence-corrected chi connectivity index (χ1v) is 5.63. The van der Waals surface area contributed by atoms with Gasteiger partial charge in [0.2, 0.25) is 0 Å². The fourth-order valence-electron chi connectivity index (χ4n) is 1.29. The van der Waals surface area contributed by atoms with Gasteiger partial charge in [0.05, 0.1) is 0 Å². The van der Waals surface area contributed by atoms with Crippen LogP contribution in [0.4, 0.5) is 5.69 Å². The lowest BCUT2D eigenvalue weighted by Gasteiger charge is -1.98. The second-order valence-corrected chi connectivity index (χ2v) is 4.12. The molecule has 1 N–H and O–H groups in total. The van der Waals surface area contributed by atoms with E-state index in [0.717, 1.165) is 10.0 Å². The number of hydrogen-bond acceptors (Lipinski definition) is 2. The number of nitrogens with zero attached hydrogens (tertiary/aromatic N) is 1. The van der Waals surface area contributed by atoms with Crippen molar-refractivity contribution in [3.63, 3.8) is 0 Å². The average Bonchev–Trinajstić information content (AvgIpc) is 2.30. The Labute approximate surface area is 102 Å². The summed E-state index contributed by atoms with van der Waals surface area (Å²) in [4.78, 5) is 4.23. The first-order chi connectivity index (χ1) is 7.77. The number of phenols is 1. The molecule has 2 aromatic rings. The highest BCUT2D eigenvalue weighted by molar-refractivity contribution is 9.10. The quantitative estimate of drug-likeness (QED) is 0.829. The third-order valence-corrected chi connectivity index (χ3v) is 2.85. The molecule has 0 radical (unpaired) electrons. The summed E-state index contributed by atoms with van der Waals surface area (Å²) < 4.78 is 0.981. The number of para-hydroxylation sites is 2. The maximum atomic E-state index is 9.53. The summed E-state index contributed by atoms with van der Waals surface area (Å²) in [6.07, 6.45) is 1.72. The van der Waals surface area contributed by atoms with Crippen LogP contribution >= 0.6 is 15.9 Å². The summed E-state index contributed by atoms with van der Waals surface area (Å²) in [5, 5.41) is 9.53. The molecule has 0 atom stereocenters. The molecule has 2 rings (SSSR count). The standard InChI is InChI=1S/C13H10BrNO/c14-11-6-2-1-5-10(11)9-15-12-7-3-4-8-13(12)16/h1-9,16H. The van der Waals surface area contributed by atoms with E-state index in [4.69, 9.17) is 0 Å². The van der Waals surface area contributed by atoms with E-state index < -0.39 is 0 Å². The molecule has 0 heterocycles. The molecule has 0 aromatic heterocycles. The Bertz CT molecular complexity index is 475. The second kappa shape index (κ2) is 4.94. The molecule has 3 heteroatoms. The Morgan fingerprint density at radius 2 is 1.69 bits per heavy atom. The molecular weight excluding hydrogens is 266 g/mol. The van der Waals surface area contributed by atoms with Crippen LogP contribution in [0.15, 0.2) is 58.0 Å². The van der Waals surface area contributed by atoms with Crippen LogP contribution in [0.25, 0.3) is 0 Å². The minimum atomic E-state index is 0.186. The van der Waals surface area contributed by atoms with Gasteiger partial charge in [-0.2, -0.15) is 0 Å². The molecule has 80 valence electrons. The lowest BCUT2D eigenvalue weighted by Crippen LogP contribution is -1.81. The first kappa shape index (κ1) is 10.9. The van der Waals surface area contributed by atoms with E-state index in [-0.39, 0.29) is 5.75 Å². The lowest BCUT2D eigenvalue weighted by molar-refractivity contribution is 0.477. The lowest BCUT2D eigenvalue weighted by atomic mass is 10.2. The van der Waals surface area contributed by atoms with Gasteiger partial charge in [0.25, 0.3) is 0 Å². The van der Waals surface area contributed by atoms with Gasteiger partial charge in [0.15, 0.2) is 0 Å². The van der Waals surface area contributed by atoms with Crippen molar-refractivity contribution in [2.45, 2.75) is 0 Å². The molecular formula is C13H10BrNO. The monoisotopic (exact) mass is 275 g/mol. The second-order valence-electron chi connectivity index (χ2n) is 3.27. The smallest absolute Gasteiger partial charge is 0.141 e. The van der Waals surface area contributed by atoms with Crippen molar-refractivity contribution in [2.75, 3.05) is 0 Å². The highest BCUT2D eigenvalue weighted by atomic mass is 79.9. The summed E-state index contributed by atoms with van der Waals surface area (Å²) in [5.41, 5.74) is 1.55. The fourth-order valence-corrected chi connectivity index (χ4v) is 1.68. The fraction of sp³-hybridized carbons (Fsp3) is 0. The van der Waals surface area contributed by atoms with Gasteiger partial charge in [-0.3, -0.25) is 4.99 Å². The Morgan fingerprint density at radius 3 is 2.44 bits per heavy atom. The van der Waals surface area contributed by atoms with Crippen molar-refractivity contribution in [2.24, 2.45) is 4.99 Å². The van der Waals surface area contributed by atoms with Crippen LogP contribution in [0.5, 0.6) is 5.75 Å². The maximum absolute atomic E-state index is 9.53. The predicted octanol–water partition coefficient (Wildman–Crippen LogP) is 3.91. The van der Waals surface area contributed by atoms with Crippen LogP contribution in [-0.4, -0.2) is 11.3 Å². The molecule has 0 amide bonds. The molecule has 2 nitrogen and oxygen atoms in total. The number of benzene rings is 2. The number of hydrogen-bond donors (Lipinski definition) is 1. The third kappa shape index (κ3) is 2.49. The van der Waals surface area contributed by atoms with E-state index in [1.54, 1.807) is 24.4 Å². The van der Waals surface area contributed by atoms with E-state index in [2.05, 4.69) is 20.9 Å². The average molecular weight is 276 g/mol. The molecule has 2 aromatic carbocycles. The Hall–Kier alpha value is -1.61. The van der Waals surface area contributed by atoms with E-state index in [1.165, 1.54) is 0 Å². The van der Waals surface area contributed by atoms with E-state index >= 15 is 0 Å². The molecule has 0 saturated carbocycles. The van der Waals surface area contributed by atoms with Crippen LogP contribution in [0.2, 0.25) is 0 Å². The van der Waals surface area contributed by atoms with Crippen molar-refractivity contribution < 1.29 is 5.11 Å². The van der Waals surface area contributed by atoms with Crippen molar-refractivity contribution in [3.05, 3.63) is 58.6 Å². The molecule has 0 bridgehead atoms. The molecule has 0 unspecified atom stereocenters. The molecule has 0 aliphatic carbocycles. The summed E-state index contributed by atoms with van der Waals surface area (Å²) in [6.45, 7) is 0. The van der Waals surface area contributed by atoms with Crippen LogP contribution in [0, 0.1) is 0 Å². The third-order valence-electron chi connectivity index (χ3n) is 2.13. The van der Waals surface area contributed by atoms with Crippen LogP contribution in [0.1, 0.15) is 5.56 Å². The van der Waals surface area contributed by atoms with Crippen LogP contribution in [-0.2, 0) is 0 Å². The summed E-state index contributed by atoms with van der Waals surface area (Å²) in [7, 11) is 0. The number of halogens is 1. The predicted molar refractivity (Wildman–Crippen MR) is 69.5 cm³/mol. The zero-order valence-electron chi connectivity index (χ0n) is 8.47. The van der Waals surface area contributed by atoms with Crippen molar-refractivity contribution in [1.82, 2.24) is 0 Å². The van der Waals surface area contributed by atoms with Gasteiger partial charge in [-0.05, 0) is 18.2 Å². The molecule has 0 aliphatic rings. The van der Waals surface area contributed by atoms with Crippen molar-refractivity contribution in [3.8, 4) is 5.75 Å². The van der Waals surface area contributed by atoms with Crippen molar-refractivity contribution >= 4 is 27.8 Å². The summed E-state index contributed by atoms with van der Waals surface area (Å²) in [5.74, 6) is 0.186. The van der Waals surface area contributed by atoms with Crippen LogP contribution < -0.4 is 0 Å². The zero-order chi connectivity index (χ0) is 11.4. The van der Waals surface area contributed by atoms with Gasteiger partial charge in [-0.25, -0.2) is 0 Å². The van der Waals surface area contributed by atoms with Crippen molar-refractivity contribution in [1.29, 1.82) is 0 Å². The zero-order valence-corrected chi connectivity index (χ0v) is 10.1. The number of phenolic OH excluding ortho intramolecular Hbond substituents is 1. The maximum Gasteiger partial charge on any atom is 0.141 e. The number of aliphatic imine (C=N–C) groups is 1. The van der Waals surface area contributed by atoms with E-state index in [9.17, 15) is 5.11 Å². The minimum Gasteiger partial charge on any atom is -0.506 e. The highest BCUT2D eigenvalue weighted by Crippen LogP contribution is 2.25. The molecule has 16 heavy (non-hydrogen) atoms. The molecule has 0 saturated heterocycles. The Balaban J connectivity index is 2.29. The summed E-state index contributed by atoms with van der Waals surface area (Å²) >= 11 is 3.43. The topological polar surface area (TPSA) is 32.6 Å². The number of aromatic hydroxyl groups is 1. The molecule has 0 aliphatic heterocycles. The Kier molecular flexibility index (Phi) is 3.37. The largest absolute Gasteiger partial charge is 0.506 e. The van der Waals surface area contributed by atoms with Crippen LogP contribution in [0.3, 0.4) is 0 Å². The molecule has 0 fully saturated rings. The van der Waals surface area contributed by atoms with Gasteiger partial charge in [0, 0.05) is 16.3 Å². The molecule has 0 spiro atoms. The van der Waals surface area contributed by atoms with Gasteiger partial charge in [-0.1, -0.05) is 46.3 Å². The van der Waals surface area contributed by atoms with Gasteiger partial charge < -0.3 is 5.11 Å². The Morgan fingerprint density at radius 1 is 1.00 bits per heavy atom. The highest BCUT2D eigenvalue weighted by Gasteiger charge is 1.97. The van der Waals surface area contributed by atoms with Gasteiger partial charge in [0.1, 0.15) is 11.4 Å². The SMILES string of the molecule is Oc1ccccc1N=Cc1ccccc1Br. The van der Waals surface area contributed by atoms with E-state index in [0.29, 0.717) is 5.69 Å². The normalized spacial score (nSPS) is 10.8. The number of rotatable bonds is 2. The summed E-state index contributed by atoms with van der Waals surface area (Å²) in [6, 6.07) is 14.8. The minimum absolute atomic E-state index is 0.186. The van der Waals surface area contributed by atoms with E-state index in [1.807, 2.05) is 30.3 Å². The van der Waals surface area contributed by atoms with Gasteiger partial charge in [-0.15, -0.1) is 0 Å². The van der Waals surface area contributed by atoms with Gasteiger partial charge >= 0.3 is 0 Å². The first-order valence-electron chi connectivity index (χ1n) is 4.84.